The number of hydrogen-bond donors (Lipinski definition) is 1. The average Bonchev–Trinajstić information content (AvgIpc) is 2.65. The van der Waals surface area contributed by atoms with Gasteiger partial charge in [-0.05, 0) is 42.8 Å². The summed E-state index contributed by atoms with van der Waals surface area (Å²) in [5.74, 6) is 1.02. The highest BCUT2D eigenvalue weighted by molar-refractivity contribution is 5.32. The smallest absolute Gasteiger partial charge is 0.223 e. The van der Waals surface area contributed by atoms with Gasteiger partial charge in [-0.15, -0.1) is 0 Å². The molecule has 0 saturated heterocycles. The van der Waals surface area contributed by atoms with Crippen molar-refractivity contribution in [3.8, 4) is 17.4 Å². The van der Waals surface area contributed by atoms with Gasteiger partial charge in [0, 0.05) is 30.5 Å². The minimum atomic E-state index is -0.371. The van der Waals surface area contributed by atoms with Crippen molar-refractivity contribution in [2.75, 3.05) is 7.11 Å². The van der Waals surface area contributed by atoms with Crippen LogP contribution in [0.2, 0.25) is 0 Å². The van der Waals surface area contributed by atoms with Gasteiger partial charge in [-0.2, -0.15) is 0 Å². The average molecular weight is 353 g/mol. The van der Waals surface area contributed by atoms with Crippen LogP contribution in [0, 0.1) is 12.7 Å². The number of halogens is 1. The molecule has 0 spiro atoms. The van der Waals surface area contributed by atoms with E-state index in [9.17, 15) is 4.39 Å². The Hall–Kier alpha value is -2.99. The van der Waals surface area contributed by atoms with Gasteiger partial charge >= 0.3 is 0 Å². The lowest BCUT2D eigenvalue weighted by molar-refractivity contribution is 0.386. The van der Waals surface area contributed by atoms with E-state index in [4.69, 9.17) is 9.47 Å². The van der Waals surface area contributed by atoms with Crippen LogP contribution in [0.1, 0.15) is 16.8 Å². The molecule has 26 heavy (non-hydrogen) atoms. The number of benzene rings is 1. The number of methoxy groups -OCH3 is 1. The first-order chi connectivity index (χ1) is 12.7. The Bertz CT molecular complexity index is 869. The highest BCUT2D eigenvalue weighted by atomic mass is 19.1. The van der Waals surface area contributed by atoms with Crippen molar-refractivity contribution in [2.24, 2.45) is 0 Å². The zero-order chi connectivity index (χ0) is 18.4. The van der Waals surface area contributed by atoms with Crippen LogP contribution < -0.4 is 14.8 Å². The number of aromatic nitrogens is 2. The number of nitrogens with zero attached hydrogens (tertiary/aromatic N) is 2. The van der Waals surface area contributed by atoms with Crippen molar-refractivity contribution in [1.82, 2.24) is 15.3 Å². The lowest BCUT2D eigenvalue weighted by Crippen LogP contribution is -2.14. The maximum absolute atomic E-state index is 13.7. The maximum Gasteiger partial charge on any atom is 0.223 e. The van der Waals surface area contributed by atoms with E-state index in [1.807, 2.05) is 37.3 Å². The molecule has 0 radical (unpaired) electrons. The van der Waals surface area contributed by atoms with Crippen LogP contribution in [0.15, 0.2) is 54.9 Å². The minimum Gasteiger partial charge on any atom is -0.494 e. The third kappa shape index (κ3) is 4.55. The summed E-state index contributed by atoms with van der Waals surface area (Å²) < 4.78 is 24.5. The fourth-order valence-corrected chi connectivity index (χ4v) is 2.44. The topological polar surface area (TPSA) is 56.3 Å². The van der Waals surface area contributed by atoms with Gasteiger partial charge in [0.25, 0.3) is 0 Å². The third-order valence-electron chi connectivity index (χ3n) is 3.81. The molecule has 1 N–H and O–H groups in total. The summed E-state index contributed by atoms with van der Waals surface area (Å²) in [5.41, 5.74) is 2.66. The standard InChI is InChI=1S/C20H20FN3O2/c1-14-5-7-17(13-24-14)26-20-16(4-3-9-23-20)12-22-11-15-6-8-19(25-2)18(21)10-15/h3-10,13,22H,11-12H2,1-2H3. The number of nitrogens with one attached hydrogen (secondary N) is 1. The normalized spacial score (nSPS) is 10.6. The molecule has 0 amide bonds. The SMILES string of the molecule is COc1ccc(CNCc2cccnc2Oc2ccc(C)nc2)cc1F. The molecule has 0 saturated carbocycles. The Morgan fingerprint density at radius 1 is 1.08 bits per heavy atom. The van der Waals surface area contributed by atoms with Crippen molar-refractivity contribution in [3.63, 3.8) is 0 Å². The quantitative estimate of drug-likeness (QED) is 0.695. The molecule has 6 heteroatoms. The van der Waals surface area contributed by atoms with E-state index in [2.05, 4.69) is 15.3 Å². The Balaban J connectivity index is 1.63. The van der Waals surface area contributed by atoms with Gasteiger partial charge in [-0.25, -0.2) is 9.37 Å². The van der Waals surface area contributed by atoms with Crippen LogP contribution in [0.25, 0.3) is 0 Å². The molecule has 0 atom stereocenters. The highest BCUT2D eigenvalue weighted by Gasteiger charge is 2.07. The molecule has 0 aliphatic carbocycles. The first kappa shape index (κ1) is 17.8. The zero-order valence-electron chi connectivity index (χ0n) is 14.7. The van der Waals surface area contributed by atoms with Crippen molar-refractivity contribution in [3.05, 3.63) is 77.5 Å². The summed E-state index contributed by atoms with van der Waals surface area (Å²) in [4.78, 5) is 8.51. The van der Waals surface area contributed by atoms with Gasteiger partial charge in [-0.1, -0.05) is 12.1 Å². The van der Waals surface area contributed by atoms with E-state index in [0.717, 1.165) is 16.8 Å². The predicted molar refractivity (Wildman–Crippen MR) is 96.8 cm³/mol. The molecule has 2 heterocycles. The number of rotatable bonds is 7. The fraction of sp³-hybridized carbons (Fsp3) is 0.200. The molecular weight excluding hydrogens is 333 g/mol. The Labute approximate surface area is 151 Å². The van der Waals surface area contributed by atoms with Gasteiger partial charge in [0.15, 0.2) is 11.6 Å². The van der Waals surface area contributed by atoms with Crippen molar-refractivity contribution >= 4 is 0 Å². The molecule has 0 fully saturated rings. The first-order valence-electron chi connectivity index (χ1n) is 8.23. The van der Waals surface area contributed by atoms with E-state index < -0.39 is 0 Å². The van der Waals surface area contributed by atoms with Gasteiger partial charge in [0.2, 0.25) is 5.88 Å². The number of hydrogen-bond acceptors (Lipinski definition) is 5. The van der Waals surface area contributed by atoms with Crippen LogP contribution >= 0.6 is 0 Å². The van der Waals surface area contributed by atoms with Crippen LogP contribution in [-0.4, -0.2) is 17.1 Å². The summed E-state index contributed by atoms with van der Waals surface area (Å²) in [6.45, 7) is 2.97. The molecular formula is C20H20FN3O2. The maximum atomic E-state index is 13.7. The van der Waals surface area contributed by atoms with E-state index in [-0.39, 0.29) is 11.6 Å². The van der Waals surface area contributed by atoms with Crippen LogP contribution in [0.4, 0.5) is 4.39 Å². The molecule has 134 valence electrons. The molecule has 3 rings (SSSR count). The van der Waals surface area contributed by atoms with Crippen molar-refractivity contribution in [1.29, 1.82) is 0 Å². The molecule has 0 unspecified atom stereocenters. The third-order valence-corrected chi connectivity index (χ3v) is 3.81. The number of pyridine rings is 2. The van der Waals surface area contributed by atoms with E-state index in [1.54, 1.807) is 18.5 Å². The summed E-state index contributed by atoms with van der Waals surface area (Å²) in [6.07, 6.45) is 3.35. The van der Waals surface area contributed by atoms with Gasteiger partial charge in [-0.3, -0.25) is 4.98 Å². The van der Waals surface area contributed by atoms with Crippen LogP contribution in [0.3, 0.4) is 0 Å². The molecule has 3 aromatic rings. The molecule has 2 aromatic heterocycles. The zero-order valence-corrected chi connectivity index (χ0v) is 14.7. The van der Waals surface area contributed by atoms with Crippen LogP contribution in [0.5, 0.6) is 17.4 Å². The lowest BCUT2D eigenvalue weighted by atomic mass is 10.2. The summed E-state index contributed by atoms with van der Waals surface area (Å²) in [6, 6.07) is 12.4. The van der Waals surface area contributed by atoms with Crippen molar-refractivity contribution < 1.29 is 13.9 Å². The summed E-state index contributed by atoms with van der Waals surface area (Å²) in [7, 11) is 1.45. The lowest BCUT2D eigenvalue weighted by Gasteiger charge is -2.11. The minimum absolute atomic E-state index is 0.239. The second kappa shape index (κ2) is 8.40. The number of aryl methyl sites for hydroxylation is 1. The Morgan fingerprint density at radius 3 is 2.69 bits per heavy atom. The van der Waals surface area contributed by atoms with E-state index in [1.165, 1.54) is 13.2 Å². The second-order valence-corrected chi connectivity index (χ2v) is 5.78. The Morgan fingerprint density at radius 2 is 1.96 bits per heavy atom. The molecule has 0 bridgehead atoms. The van der Waals surface area contributed by atoms with Crippen molar-refractivity contribution in [2.45, 2.75) is 20.0 Å². The highest BCUT2D eigenvalue weighted by Crippen LogP contribution is 2.22. The summed E-state index contributed by atoms with van der Waals surface area (Å²) >= 11 is 0. The monoisotopic (exact) mass is 353 g/mol. The first-order valence-corrected chi connectivity index (χ1v) is 8.23. The fourth-order valence-electron chi connectivity index (χ4n) is 2.44. The molecule has 1 aromatic carbocycles. The van der Waals surface area contributed by atoms with Crippen LogP contribution in [-0.2, 0) is 13.1 Å². The predicted octanol–water partition coefficient (Wildman–Crippen LogP) is 4.01. The molecule has 0 aliphatic rings. The molecule has 5 nitrogen and oxygen atoms in total. The largest absolute Gasteiger partial charge is 0.494 e. The second-order valence-electron chi connectivity index (χ2n) is 5.78. The number of ether oxygens (including phenoxy) is 2. The van der Waals surface area contributed by atoms with E-state index >= 15 is 0 Å². The summed E-state index contributed by atoms with van der Waals surface area (Å²) in [5, 5.41) is 3.27. The van der Waals surface area contributed by atoms with Gasteiger partial charge < -0.3 is 14.8 Å². The molecule has 0 aliphatic heterocycles. The Kier molecular flexibility index (Phi) is 5.76. The van der Waals surface area contributed by atoms with Gasteiger partial charge in [0.1, 0.15) is 5.75 Å². The van der Waals surface area contributed by atoms with Gasteiger partial charge in [0.05, 0.1) is 13.3 Å². The van der Waals surface area contributed by atoms with E-state index in [0.29, 0.717) is 24.7 Å².